The Labute approximate surface area is 305 Å². The van der Waals surface area contributed by atoms with Crippen molar-refractivity contribution in [2.75, 3.05) is 0 Å². The van der Waals surface area contributed by atoms with Gasteiger partial charge in [0.15, 0.2) is 23.1 Å². The third-order valence-electron chi connectivity index (χ3n) is 9.58. The number of fused-ring (bicyclic) bond motifs is 5. The molecule has 0 unspecified atom stereocenters. The molecule has 0 aliphatic rings. The average Bonchev–Trinajstić information content (AvgIpc) is 3.69. The summed E-state index contributed by atoms with van der Waals surface area (Å²) in [6.07, 6.45) is 0. The van der Waals surface area contributed by atoms with Crippen LogP contribution in [0.25, 0.3) is 101 Å². The van der Waals surface area contributed by atoms with Crippen molar-refractivity contribution in [3.8, 4) is 68.0 Å². The van der Waals surface area contributed by atoms with Crippen LogP contribution in [0.2, 0.25) is 0 Å². The van der Waals surface area contributed by atoms with Crippen molar-refractivity contribution in [2.24, 2.45) is 0 Å². The topological polar surface area (TPSA) is 77.6 Å². The summed E-state index contributed by atoms with van der Waals surface area (Å²) in [4.78, 5) is 24.7. The summed E-state index contributed by atoms with van der Waals surface area (Å²) in [5.74, 6) is 2.49. The van der Waals surface area contributed by atoms with Gasteiger partial charge in [0.25, 0.3) is 0 Å². The predicted octanol–water partition coefficient (Wildman–Crippen LogP) is 11.7. The predicted molar refractivity (Wildman–Crippen MR) is 213 cm³/mol. The Balaban J connectivity index is 0.989. The van der Waals surface area contributed by atoms with E-state index in [-0.39, 0.29) is 0 Å². The fourth-order valence-corrected chi connectivity index (χ4v) is 6.92. The van der Waals surface area contributed by atoms with Gasteiger partial charge in [0.1, 0.15) is 5.52 Å². The second-order valence-electron chi connectivity index (χ2n) is 12.9. The lowest BCUT2D eigenvalue weighted by atomic mass is 9.99. The zero-order chi connectivity index (χ0) is 35.1. The summed E-state index contributed by atoms with van der Waals surface area (Å²) in [5.41, 5.74) is 10.4. The van der Waals surface area contributed by atoms with Gasteiger partial charge in [-0.3, -0.25) is 0 Å². The van der Waals surface area contributed by atoms with Gasteiger partial charge in [0, 0.05) is 44.0 Å². The standard InChI is InChI=1S/C47H29N5O/c1-4-12-32(13-5-1)42-38-28-29-40-43(41(38)37-18-10-11-19-39(37)48-42)49-47(53-40)36-26-22-31(23-27-36)30-20-24-35(25-21-30)46-51-44(33-14-6-2-7-15-33)50-45(52-46)34-16-8-3-9-17-34/h1-29H. The number of pyridine rings is 1. The van der Waals surface area contributed by atoms with Crippen LogP contribution in [-0.4, -0.2) is 24.9 Å². The molecule has 0 spiro atoms. The summed E-state index contributed by atoms with van der Waals surface area (Å²) in [6, 6.07) is 59.4. The molecule has 0 radical (unpaired) electrons. The summed E-state index contributed by atoms with van der Waals surface area (Å²) in [5, 5.41) is 3.14. The first-order chi connectivity index (χ1) is 26.2. The number of hydrogen-bond acceptors (Lipinski definition) is 6. The van der Waals surface area contributed by atoms with Crippen molar-refractivity contribution in [1.82, 2.24) is 24.9 Å². The first-order valence-corrected chi connectivity index (χ1v) is 17.5. The Hall–Kier alpha value is -7.31. The Morgan fingerprint density at radius 1 is 0.321 bits per heavy atom. The molecule has 6 heteroatoms. The molecule has 0 amide bonds. The third-order valence-corrected chi connectivity index (χ3v) is 9.58. The van der Waals surface area contributed by atoms with E-state index in [0.29, 0.717) is 23.4 Å². The van der Waals surface area contributed by atoms with Gasteiger partial charge in [-0.2, -0.15) is 0 Å². The Morgan fingerprint density at radius 2 is 0.792 bits per heavy atom. The zero-order valence-corrected chi connectivity index (χ0v) is 28.4. The number of hydrogen-bond donors (Lipinski definition) is 0. The van der Waals surface area contributed by atoms with Gasteiger partial charge in [0.05, 0.1) is 11.2 Å². The van der Waals surface area contributed by atoms with Gasteiger partial charge in [-0.15, -0.1) is 0 Å². The van der Waals surface area contributed by atoms with E-state index < -0.39 is 0 Å². The first kappa shape index (κ1) is 30.5. The van der Waals surface area contributed by atoms with Crippen LogP contribution in [0.4, 0.5) is 0 Å². The maximum absolute atomic E-state index is 6.40. The molecule has 10 aromatic rings. The van der Waals surface area contributed by atoms with E-state index in [1.807, 2.05) is 97.1 Å². The molecule has 7 aromatic carbocycles. The van der Waals surface area contributed by atoms with E-state index in [1.54, 1.807) is 0 Å². The fourth-order valence-electron chi connectivity index (χ4n) is 6.92. The number of rotatable bonds is 6. The molecule has 53 heavy (non-hydrogen) atoms. The SMILES string of the molecule is c1ccc(-c2nc(-c3ccccc3)nc(-c3ccc(-c4ccc(-c5nc6c(ccc7c(-c8ccccc8)nc8ccccc8c76)o5)cc4)cc3)n2)cc1. The van der Waals surface area contributed by atoms with Gasteiger partial charge in [0.2, 0.25) is 5.89 Å². The summed E-state index contributed by atoms with van der Waals surface area (Å²) >= 11 is 0. The molecule has 0 atom stereocenters. The van der Waals surface area contributed by atoms with Crippen LogP contribution >= 0.6 is 0 Å². The van der Waals surface area contributed by atoms with Gasteiger partial charge < -0.3 is 4.42 Å². The van der Waals surface area contributed by atoms with E-state index in [4.69, 9.17) is 29.3 Å². The van der Waals surface area contributed by atoms with Crippen molar-refractivity contribution < 1.29 is 4.42 Å². The van der Waals surface area contributed by atoms with Crippen molar-refractivity contribution in [2.45, 2.75) is 0 Å². The number of oxazole rings is 1. The molecule has 0 bridgehead atoms. The fraction of sp³-hybridized carbons (Fsp3) is 0. The van der Waals surface area contributed by atoms with Crippen LogP contribution in [0.3, 0.4) is 0 Å². The van der Waals surface area contributed by atoms with Crippen molar-refractivity contribution in [3.63, 3.8) is 0 Å². The molecular formula is C47H29N5O. The van der Waals surface area contributed by atoms with E-state index in [1.165, 1.54) is 0 Å². The molecule has 0 N–H and O–H groups in total. The van der Waals surface area contributed by atoms with Gasteiger partial charge in [-0.1, -0.05) is 146 Å². The molecule has 0 fully saturated rings. The molecule has 248 valence electrons. The van der Waals surface area contributed by atoms with Gasteiger partial charge >= 0.3 is 0 Å². The monoisotopic (exact) mass is 679 g/mol. The molecule has 10 rings (SSSR count). The summed E-state index contributed by atoms with van der Waals surface area (Å²) in [7, 11) is 0. The van der Waals surface area contributed by atoms with E-state index in [2.05, 4.69) is 78.9 Å². The highest BCUT2D eigenvalue weighted by molar-refractivity contribution is 6.20. The molecule has 6 nitrogen and oxygen atoms in total. The summed E-state index contributed by atoms with van der Waals surface area (Å²) in [6.45, 7) is 0. The second-order valence-corrected chi connectivity index (χ2v) is 12.9. The number of para-hydroxylation sites is 1. The number of aromatic nitrogens is 5. The zero-order valence-electron chi connectivity index (χ0n) is 28.4. The van der Waals surface area contributed by atoms with Crippen LogP contribution < -0.4 is 0 Å². The maximum Gasteiger partial charge on any atom is 0.227 e. The highest BCUT2D eigenvalue weighted by atomic mass is 16.3. The average molecular weight is 680 g/mol. The minimum absolute atomic E-state index is 0.579. The van der Waals surface area contributed by atoms with Crippen molar-refractivity contribution >= 4 is 32.8 Å². The minimum Gasteiger partial charge on any atom is -0.436 e. The third kappa shape index (κ3) is 5.59. The first-order valence-electron chi connectivity index (χ1n) is 17.5. The molecule has 0 saturated heterocycles. The molecule has 0 aliphatic carbocycles. The lowest BCUT2D eigenvalue weighted by molar-refractivity contribution is 0.620. The van der Waals surface area contributed by atoms with Gasteiger partial charge in [-0.25, -0.2) is 24.9 Å². The summed E-state index contributed by atoms with van der Waals surface area (Å²) < 4.78 is 6.40. The van der Waals surface area contributed by atoms with Crippen LogP contribution in [0.15, 0.2) is 180 Å². The van der Waals surface area contributed by atoms with E-state index in [0.717, 1.165) is 77.4 Å². The molecule has 3 aromatic heterocycles. The molecule has 0 saturated carbocycles. The Kier molecular flexibility index (Phi) is 7.36. The highest BCUT2D eigenvalue weighted by Gasteiger charge is 2.18. The Morgan fingerprint density at radius 3 is 1.38 bits per heavy atom. The lowest BCUT2D eigenvalue weighted by Gasteiger charge is -2.10. The smallest absolute Gasteiger partial charge is 0.227 e. The normalized spacial score (nSPS) is 11.4. The van der Waals surface area contributed by atoms with Crippen LogP contribution in [-0.2, 0) is 0 Å². The van der Waals surface area contributed by atoms with Crippen LogP contribution in [0.1, 0.15) is 0 Å². The van der Waals surface area contributed by atoms with Crippen molar-refractivity contribution in [1.29, 1.82) is 0 Å². The molecule has 3 heterocycles. The van der Waals surface area contributed by atoms with E-state index in [9.17, 15) is 0 Å². The van der Waals surface area contributed by atoms with Crippen molar-refractivity contribution in [3.05, 3.63) is 176 Å². The van der Waals surface area contributed by atoms with Crippen LogP contribution in [0, 0.1) is 0 Å². The Bertz CT molecular complexity index is 2850. The minimum atomic E-state index is 0.579. The highest BCUT2D eigenvalue weighted by Crippen LogP contribution is 2.38. The maximum atomic E-state index is 6.40. The lowest BCUT2D eigenvalue weighted by Crippen LogP contribution is -2.00. The van der Waals surface area contributed by atoms with Gasteiger partial charge in [-0.05, 0) is 41.5 Å². The quantitative estimate of drug-likeness (QED) is 0.163. The largest absolute Gasteiger partial charge is 0.436 e. The second kappa shape index (κ2) is 12.8. The molecule has 0 aliphatic heterocycles. The van der Waals surface area contributed by atoms with Crippen LogP contribution in [0.5, 0.6) is 0 Å². The number of benzene rings is 7. The molecular weight excluding hydrogens is 651 g/mol. The van der Waals surface area contributed by atoms with E-state index >= 15 is 0 Å². The number of nitrogens with zero attached hydrogens (tertiary/aromatic N) is 5.